The van der Waals surface area contributed by atoms with Crippen molar-refractivity contribution in [3.05, 3.63) is 18.7 Å². The summed E-state index contributed by atoms with van der Waals surface area (Å²) in [5.74, 6) is -0.812. The number of nitrogens with zero attached hydrogens (tertiary/aromatic N) is 3. The van der Waals surface area contributed by atoms with Gasteiger partial charge in [0.1, 0.15) is 0 Å². The molecule has 1 aromatic rings. The first-order valence-electron chi connectivity index (χ1n) is 5.51. The van der Waals surface area contributed by atoms with E-state index in [1.807, 2.05) is 4.57 Å². The summed E-state index contributed by atoms with van der Waals surface area (Å²) in [7, 11) is 1.69. The summed E-state index contributed by atoms with van der Waals surface area (Å²) < 4.78 is 1.84. The lowest BCUT2D eigenvalue weighted by Gasteiger charge is -2.16. The lowest BCUT2D eigenvalue weighted by Crippen LogP contribution is -2.28. The molecule has 6 heteroatoms. The predicted molar refractivity (Wildman–Crippen MR) is 61.4 cm³/mol. The molecule has 0 aliphatic rings. The Labute approximate surface area is 99.9 Å². The zero-order chi connectivity index (χ0) is 12.7. The number of carbonyl (C=O) groups excluding carboxylic acids is 1. The molecule has 0 atom stereocenters. The van der Waals surface area contributed by atoms with Gasteiger partial charge in [0.05, 0.1) is 6.33 Å². The number of amides is 1. The number of aromatic nitrogens is 2. The van der Waals surface area contributed by atoms with Crippen LogP contribution in [0.25, 0.3) is 0 Å². The van der Waals surface area contributed by atoms with Gasteiger partial charge in [0.15, 0.2) is 0 Å². The van der Waals surface area contributed by atoms with Gasteiger partial charge in [-0.1, -0.05) is 0 Å². The van der Waals surface area contributed by atoms with Gasteiger partial charge in [0, 0.05) is 45.4 Å². The molecule has 1 amide bonds. The molecule has 0 unspecified atom stereocenters. The SMILES string of the molecule is CN(CCCC(=O)O)C(=O)CCn1ccnc1. The van der Waals surface area contributed by atoms with E-state index >= 15 is 0 Å². The van der Waals surface area contributed by atoms with E-state index in [-0.39, 0.29) is 12.3 Å². The fraction of sp³-hybridized carbons (Fsp3) is 0.545. The first-order valence-corrected chi connectivity index (χ1v) is 5.51. The van der Waals surface area contributed by atoms with Crippen LogP contribution in [-0.4, -0.2) is 45.0 Å². The molecule has 1 heterocycles. The number of hydrogen-bond acceptors (Lipinski definition) is 3. The van der Waals surface area contributed by atoms with Gasteiger partial charge in [-0.05, 0) is 6.42 Å². The van der Waals surface area contributed by atoms with E-state index in [0.29, 0.717) is 25.9 Å². The summed E-state index contributed by atoms with van der Waals surface area (Å²) in [4.78, 5) is 27.4. The summed E-state index contributed by atoms with van der Waals surface area (Å²) >= 11 is 0. The Morgan fingerprint density at radius 3 is 2.76 bits per heavy atom. The molecule has 94 valence electrons. The molecule has 0 bridgehead atoms. The van der Waals surface area contributed by atoms with E-state index in [0.717, 1.165) is 0 Å². The van der Waals surface area contributed by atoms with Gasteiger partial charge < -0.3 is 14.6 Å². The van der Waals surface area contributed by atoms with Gasteiger partial charge in [0.2, 0.25) is 5.91 Å². The van der Waals surface area contributed by atoms with Crippen molar-refractivity contribution < 1.29 is 14.7 Å². The Balaban J connectivity index is 2.20. The molecule has 0 aliphatic carbocycles. The Bertz CT molecular complexity index is 362. The summed E-state index contributed by atoms with van der Waals surface area (Å²) in [6.45, 7) is 1.08. The van der Waals surface area contributed by atoms with Crippen LogP contribution in [0.5, 0.6) is 0 Å². The average molecular weight is 239 g/mol. The molecule has 0 fully saturated rings. The van der Waals surface area contributed by atoms with Crippen molar-refractivity contribution in [2.75, 3.05) is 13.6 Å². The van der Waals surface area contributed by atoms with Crippen LogP contribution in [0.3, 0.4) is 0 Å². The van der Waals surface area contributed by atoms with E-state index in [1.54, 1.807) is 30.7 Å². The maximum atomic E-state index is 11.7. The fourth-order valence-electron chi connectivity index (χ4n) is 1.43. The molecular formula is C11H17N3O3. The topological polar surface area (TPSA) is 75.4 Å². The lowest BCUT2D eigenvalue weighted by atomic mass is 10.3. The monoisotopic (exact) mass is 239 g/mol. The molecule has 1 aromatic heterocycles. The number of carboxylic acid groups (broad SMARTS) is 1. The fourth-order valence-corrected chi connectivity index (χ4v) is 1.43. The van der Waals surface area contributed by atoms with Gasteiger partial charge in [-0.2, -0.15) is 0 Å². The van der Waals surface area contributed by atoms with E-state index in [4.69, 9.17) is 5.11 Å². The third kappa shape index (κ3) is 5.14. The zero-order valence-corrected chi connectivity index (χ0v) is 9.87. The van der Waals surface area contributed by atoms with Crippen LogP contribution in [0.4, 0.5) is 0 Å². The minimum Gasteiger partial charge on any atom is -0.481 e. The number of imidazole rings is 1. The van der Waals surface area contributed by atoms with E-state index in [2.05, 4.69) is 4.98 Å². The Kier molecular flexibility index (Phi) is 5.19. The van der Waals surface area contributed by atoms with Crippen molar-refractivity contribution in [1.82, 2.24) is 14.5 Å². The average Bonchev–Trinajstić information content (AvgIpc) is 2.78. The van der Waals surface area contributed by atoms with Gasteiger partial charge in [0.25, 0.3) is 0 Å². The van der Waals surface area contributed by atoms with E-state index in [9.17, 15) is 9.59 Å². The Morgan fingerprint density at radius 2 is 2.18 bits per heavy atom. The normalized spacial score (nSPS) is 10.2. The van der Waals surface area contributed by atoms with E-state index < -0.39 is 5.97 Å². The van der Waals surface area contributed by atoms with Crippen LogP contribution in [-0.2, 0) is 16.1 Å². The molecule has 0 saturated heterocycles. The molecule has 0 radical (unpaired) electrons. The van der Waals surface area contributed by atoms with Crippen LogP contribution in [0.1, 0.15) is 19.3 Å². The van der Waals surface area contributed by atoms with Gasteiger partial charge >= 0.3 is 5.97 Å². The standard InChI is InChI=1S/C11H17N3O3/c1-13(6-2-3-11(16)17)10(15)4-7-14-8-5-12-9-14/h5,8-9H,2-4,6-7H2,1H3,(H,16,17). The van der Waals surface area contributed by atoms with Crippen LogP contribution in [0.2, 0.25) is 0 Å². The predicted octanol–water partition coefficient (Wildman–Crippen LogP) is 0.596. The summed E-state index contributed by atoms with van der Waals surface area (Å²) in [6.07, 6.45) is 6.12. The van der Waals surface area contributed by atoms with Gasteiger partial charge in [-0.25, -0.2) is 4.98 Å². The van der Waals surface area contributed by atoms with E-state index in [1.165, 1.54) is 0 Å². The molecule has 1 rings (SSSR count). The quantitative estimate of drug-likeness (QED) is 0.756. The third-order valence-corrected chi connectivity index (χ3v) is 2.45. The molecule has 0 aliphatic heterocycles. The summed E-state index contributed by atoms with van der Waals surface area (Å²) in [5.41, 5.74) is 0. The number of aryl methyl sites for hydroxylation is 1. The highest BCUT2D eigenvalue weighted by atomic mass is 16.4. The number of hydrogen-bond donors (Lipinski definition) is 1. The molecule has 1 N–H and O–H groups in total. The Morgan fingerprint density at radius 1 is 1.41 bits per heavy atom. The second kappa shape index (κ2) is 6.67. The molecule has 6 nitrogen and oxygen atoms in total. The first kappa shape index (κ1) is 13.2. The highest BCUT2D eigenvalue weighted by Gasteiger charge is 2.08. The van der Waals surface area contributed by atoms with Gasteiger partial charge in [-0.15, -0.1) is 0 Å². The van der Waals surface area contributed by atoms with Crippen LogP contribution < -0.4 is 0 Å². The van der Waals surface area contributed by atoms with Gasteiger partial charge in [-0.3, -0.25) is 9.59 Å². The Hall–Kier alpha value is -1.85. The number of carbonyl (C=O) groups is 2. The zero-order valence-electron chi connectivity index (χ0n) is 9.87. The summed E-state index contributed by atoms with van der Waals surface area (Å²) in [5, 5.41) is 8.48. The third-order valence-electron chi connectivity index (χ3n) is 2.45. The first-order chi connectivity index (χ1) is 8.09. The maximum absolute atomic E-state index is 11.7. The molecular weight excluding hydrogens is 222 g/mol. The number of rotatable bonds is 7. The van der Waals surface area contributed by atoms with Crippen molar-refractivity contribution in [3.8, 4) is 0 Å². The second-order valence-corrected chi connectivity index (χ2v) is 3.86. The largest absolute Gasteiger partial charge is 0.481 e. The maximum Gasteiger partial charge on any atom is 0.303 e. The minimum atomic E-state index is -0.829. The minimum absolute atomic E-state index is 0.0177. The van der Waals surface area contributed by atoms with Crippen LogP contribution in [0, 0.1) is 0 Å². The smallest absolute Gasteiger partial charge is 0.303 e. The summed E-state index contributed by atoms with van der Waals surface area (Å²) in [6, 6.07) is 0. The van der Waals surface area contributed by atoms with Crippen molar-refractivity contribution >= 4 is 11.9 Å². The van der Waals surface area contributed by atoms with Crippen molar-refractivity contribution in [3.63, 3.8) is 0 Å². The van der Waals surface area contributed by atoms with Crippen molar-refractivity contribution in [2.24, 2.45) is 0 Å². The number of aliphatic carboxylic acids is 1. The highest BCUT2D eigenvalue weighted by Crippen LogP contribution is 1.98. The molecule has 0 saturated carbocycles. The molecule has 0 spiro atoms. The van der Waals surface area contributed by atoms with Crippen molar-refractivity contribution in [1.29, 1.82) is 0 Å². The lowest BCUT2D eigenvalue weighted by molar-refractivity contribution is -0.138. The van der Waals surface area contributed by atoms with Crippen LogP contribution in [0.15, 0.2) is 18.7 Å². The molecule has 0 aromatic carbocycles. The van der Waals surface area contributed by atoms with Crippen molar-refractivity contribution in [2.45, 2.75) is 25.8 Å². The number of carboxylic acids is 1. The second-order valence-electron chi connectivity index (χ2n) is 3.86. The highest BCUT2D eigenvalue weighted by molar-refractivity contribution is 5.75. The molecule has 17 heavy (non-hydrogen) atoms. The van der Waals surface area contributed by atoms with Crippen LogP contribution >= 0.6 is 0 Å².